The fourth-order valence-electron chi connectivity index (χ4n) is 1.29. The van der Waals surface area contributed by atoms with E-state index in [1.54, 1.807) is 30.3 Å². The second-order valence-corrected chi connectivity index (χ2v) is 5.29. The topological polar surface area (TPSA) is 118 Å². The molecule has 2 N–H and O–H groups in total. The summed E-state index contributed by atoms with van der Waals surface area (Å²) in [5.74, 6) is -2.83. The van der Waals surface area contributed by atoms with Crippen molar-refractivity contribution < 1.29 is 32.4 Å². The Morgan fingerprint density at radius 3 is 2.26 bits per heavy atom. The highest BCUT2D eigenvalue weighted by atomic mass is 32.2. The van der Waals surface area contributed by atoms with E-state index in [-0.39, 0.29) is 6.61 Å². The average Bonchev–Trinajstić information content (AvgIpc) is 2.33. The third kappa shape index (κ3) is 5.06. The standard InChI is InChI=1S/C11H12O7S/c12-10(13)6-9(19(15,16)17)11(14)18-7-8-4-2-1-3-5-8/h1-5,9H,6-7H2,(H,12,13)(H,15,16,17). The minimum atomic E-state index is -4.82. The monoisotopic (exact) mass is 288 g/mol. The molecule has 0 aliphatic rings. The van der Waals surface area contributed by atoms with E-state index in [0.29, 0.717) is 5.56 Å². The summed E-state index contributed by atoms with van der Waals surface area (Å²) in [5, 5.41) is 6.38. The lowest BCUT2D eigenvalue weighted by Crippen LogP contribution is -2.33. The van der Waals surface area contributed by atoms with E-state index in [1.165, 1.54) is 0 Å². The lowest BCUT2D eigenvalue weighted by Gasteiger charge is -2.11. The van der Waals surface area contributed by atoms with Crippen LogP contribution in [0.4, 0.5) is 0 Å². The number of carbonyl (C=O) groups excluding carboxylic acids is 1. The lowest BCUT2D eigenvalue weighted by atomic mass is 10.2. The number of aliphatic carboxylic acids is 1. The fourth-order valence-corrected chi connectivity index (χ4v) is 1.95. The Morgan fingerprint density at radius 1 is 1.21 bits per heavy atom. The van der Waals surface area contributed by atoms with Gasteiger partial charge < -0.3 is 9.84 Å². The van der Waals surface area contributed by atoms with Crippen molar-refractivity contribution in [2.75, 3.05) is 0 Å². The van der Waals surface area contributed by atoms with E-state index in [0.717, 1.165) is 0 Å². The summed E-state index contributed by atoms with van der Waals surface area (Å²) in [7, 11) is -4.82. The molecule has 0 saturated carbocycles. The minimum absolute atomic E-state index is 0.203. The maximum absolute atomic E-state index is 11.5. The molecule has 1 unspecified atom stereocenters. The predicted octanol–water partition coefficient (Wildman–Crippen LogP) is 0.461. The van der Waals surface area contributed by atoms with Gasteiger partial charge in [0, 0.05) is 0 Å². The van der Waals surface area contributed by atoms with Crippen LogP contribution in [0.2, 0.25) is 0 Å². The van der Waals surface area contributed by atoms with E-state index in [9.17, 15) is 18.0 Å². The molecule has 0 fully saturated rings. The van der Waals surface area contributed by atoms with Crippen molar-refractivity contribution in [3.63, 3.8) is 0 Å². The molecule has 0 aromatic heterocycles. The molecule has 1 rings (SSSR count). The van der Waals surface area contributed by atoms with Gasteiger partial charge in [-0.25, -0.2) is 0 Å². The second-order valence-electron chi connectivity index (χ2n) is 3.69. The molecule has 1 aromatic carbocycles. The number of benzene rings is 1. The molecule has 7 nitrogen and oxygen atoms in total. The smallest absolute Gasteiger partial charge is 0.327 e. The summed E-state index contributed by atoms with van der Waals surface area (Å²) >= 11 is 0. The van der Waals surface area contributed by atoms with E-state index in [4.69, 9.17) is 9.66 Å². The Labute approximate surface area is 109 Å². The van der Waals surface area contributed by atoms with Gasteiger partial charge in [-0.1, -0.05) is 30.3 Å². The predicted molar refractivity (Wildman–Crippen MR) is 63.8 cm³/mol. The normalized spacial score (nSPS) is 12.7. The molecule has 19 heavy (non-hydrogen) atoms. The molecular formula is C11H12O7S. The molecule has 8 heteroatoms. The first-order chi connectivity index (χ1) is 8.80. The fraction of sp³-hybridized carbons (Fsp3) is 0.273. The summed E-state index contributed by atoms with van der Waals surface area (Å²) in [6.45, 7) is -0.203. The minimum Gasteiger partial charge on any atom is -0.481 e. The van der Waals surface area contributed by atoms with Gasteiger partial charge in [-0.3, -0.25) is 14.1 Å². The highest BCUT2D eigenvalue weighted by Crippen LogP contribution is 2.09. The van der Waals surface area contributed by atoms with Gasteiger partial charge in [-0.2, -0.15) is 8.42 Å². The van der Waals surface area contributed by atoms with E-state index in [1.807, 2.05) is 0 Å². The highest BCUT2D eigenvalue weighted by molar-refractivity contribution is 7.87. The van der Waals surface area contributed by atoms with E-state index >= 15 is 0 Å². The number of carboxylic acids is 1. The van der Waals surface area contributed by atoms with Crippen molar-refractivity contribution in [2.24, 2.45) is 0 Å². The first kappa shape index (κ1) is 15.1. The Hall–Kier alpha value is -1.93. The summed E-state index contributed by atoms with van der Waals surface area (Å²) in [4.78, 5) is 21.9. The van der Waals surface area contributed by atoms with Crippen LogP contribution in [0.25, 0.3) is 0 Å². The highest BCUT2D eigenvalue weighted by Gasteiger charge is 2.34. The van der Waals surface area contributed by atoms with Crippen LogP contribution >= 0.6 is 0 Å². The van der Waals surface area contributed by atoms with Gasteiger partial charge in [0.05, 0.1) is 6.42 Å². The van der Waals surface area contributed by atoms with Crippen LogP contribution in [0.5, 0.6) is 0 Å². The summed E-state index contributed by atoms with van der Waals surface area (Å²) < 4.78 is 35.3. The Morgan fingerprint density at radius 2 is 1.79 bits per heavy atom. The molecule has 0 amide bonds. The number of esters is 1. The summed E-state index contributed by atoms with van der Waals surface area (Å²) in [6, 6.07) is 8.43. The Balaban J connectivity index is 2.70. The van der Waals surface area contributed by atoms with Gasteiger partial charge in [-0.05, 0) is 5.56 Å². The third-order valence-corrected chi connectivity index (χ3v) is 3.28. The molecule has 1 aromatic rings. The quantitative estimate of drug-likeness (QED) is 0.576. The van der Waals surface area contributed by atoms with Gasteiger partial charge in [0.15, 0.2) is 5.25 Å². The van der Waals surface area contributed by atoms with Crippen LogP contribution in [0.15, 0.2) is 30.3 Å². The SMILES string of the molecule is O=C(O)CC(C(=O)OCc1ccccc1)S(=O)(=O)O. The number of ether oxygens (including phenoxy) is 1. The molecule has 0 heterocycles. The van der Waals surface area contributed by atoms with Crippen molar-refractivity contribution in [2.45, 2.75) is 18.3 Å². The molecule has 0 radical (unpaired) electrons. The van der Waals surface area contributed by atoms with Gasteiger partial charge in [0.1, 0.15) is 6.61 Å². The van der Waals surface area contributed by atoms with Crippen molar-refractivity contribution in [3.05, 3.63) is 35.9 Å². The lowest BCUT2D eigenvalue weighted by molar-refractivity contribution is -0.148. The first-order valence-corrected chi connectivity index (χ1v) is 6.69. The van der Waals surface area contributed by atoms with Gasteiger partial charge >= 0.3 is 11.9 Å². The van der Waals surface area contributed by atoms with Crippen molar-refractivity contribution in [1.29, 1.82) is 0 Å². The zero-order valence-corrected chi connectivity index (χ0v) is 10.5. The van der Waals surface area contributed by atoms with Crippen LogP contribution < -0.4 is 0 Å². The maximum Gasteiger partial charge on any atom is 0.327 e. The van der Waals surface area contributed by atoms with Crippen LogP contribution in [0.1, 0.15) is 12.0 Å². The Kier molecular flexibility index (Phi) is 5.02. The van der Waals surface area contributed by atoms with Gasteiger partial charge in [-0.15, -0.1) is 0 Å². The van der Waals surface area contributed by atoms with E-state index < -0.39 is 33.7 Å². The zero-order chi connectivity index (χ0) is 14.5. The third-order valence-electron chi connectivity index (χ3n) is 2.21. The summed E-state index contributed by atoms with van der Waals surface area (Å²) in [5.41, 5.74) is 0.611. The van der Waals surface area contributed by atoms with Crippen molar-refractivity contribution in [3.8, 4) is 0 Å². The number of carbonyl (C=O) groups is 2. The molecule has 1 atom stereocenters. The van der Waals surface area contributed by atoms with Crippen molar-refractivity contribution >= 4 is 22.1 Å². The van der Waals surface area contributed by atoms with E-state index in [2.05, 4.69) is 4.74 Å². The molecule has 0 spiro atoms. The average molecular weight is 288 g/mol. The summed E-state index contributed by atoms with van der Waals surface area (Å²) in [6.07, 6.45) is -1.05. The number of hydrogen-bond acceptors (Lipinski definition) is 5. The largest absolute Gasteiger partial charge is 0.481 e. The molecule has 0 bridgehead atoms. The van der Waals surface area contributed by atoms with Crippen LogP contribution in [-0.4, -0.2) is 35.3 Å². The van der Waals surface area contributed by atoms with Crippen LogP contribution in [-0.2, 0) is 31.1 Å². The van der Waals surface area contributed by atoms with Crippen LogP contribution in [0.3, 0.4) is 0 Å². The maximum atomic E-state index is 11.5. The number of hydrogen-bond donors (Lipinski definition) is 2. The molecule has 0 aliphatic heterocycles. The van der Waals surface area contributed by atoms with Gasteiger partial charge in [0.25, 0.3) is 10.1 Å². The zero-order valence-electron chi connectivity index (χ0n) is 9.72. The Bertz CT molecular complexity index is 550. The molecule has 0 aliphatic carbocycles. The van der Waals surface area contributed by atoms with Gasteiger partial charge in [0.2, 0.25) is 0 Å². The second kappa shape index (κ2) is 6.30. The first-order valence-electron chi connectivity index (χ1n) is 5.19. The molecule has 104 valence electrons. The number of carboxylic acid groups (broad SMARTS) is 1. The van der Waals surface area contributed by atoms with Crippen molar-refractivity contribution in [1.82, 2.24) is 0 Å². The molecular weight excluding hydrogens is 276 g/mol. The molecule has 0 saturated heterocycles. The van der Waals surface area contributed by atoms with Crippen LogP contribution in [0, 0.1) is 0 Å². The number of rotatable bonds is 6.